The maximum atomic E-state index is 12.7. The minimum Gasteiger partial charge on any atom is -0.270 e. The van der Waals surface area contributed by atoms with Gasteiger partial charge in [-0.3, -0.25) is 8.86 Å². The smallest absolute Gasteiger partial charge is 0.264 e. The lowest BCUT2D eigenvalue weighted by Crippen LogP contribution is -2.22. The summed E-state index contributed by atoms with van der Waals surface area (Å²) in [5, 5.41) is 4.28. The third-order valence-corrected chi connectivity index (χ3v) is 4.42. The summed E-state index contributed by atoms with van der Waals surface area (Å²) in [5.41, 5.74) is 1.39. The fourth-order valence-corrected chi connectivity index (χ4v) is 3.07. The van der Waals surface area contributed by atoms with E-state index in [0.29, 0.717) is 5.69 Å². The molecule has 0 saturated heterocycles. The average Bonchev–Trinajstić information content (AvgIpc) is 2.77. The highest BCUT2D eigenvalue weighted by Gasteiger charge is 2.24. The van der Waals surface area contributed by atoms with Crippen molar-refractivity contribution >= 4 is 10.1 Å². The maximum absolute atomic E-state index is 12.7. The molecule has 0 amide bonds. The van der Waals surface area contributed by atoms with Crippen molar-refractivity contribution in [2.24, 2.45) is 5.92 Å². The van der Waals surface area contributed by atoms with E-state index in [4.69, 9.17) is 4.18 Å². The fraction of sp³-hybridized carbons (Fsp3) is 0.769. The molecule has 1 aromatic heterocycles. The number of aryl methyl sites for hydroxylation is 1. The van der Waals surface area contributed by atoms with Crippen LogP contribution in [0.15, 0.2) is 6.20 Å². The quantitative estimate of drug-likeness (QED) is 0.784. The summed E-state index contributed by atoms with van der Waals surface area (Å²) >= 11 is 0. The third-order valence-electron chi connectivity index (χ3n) is 3.85. The van der Waals surface area contributed by atoms with E-state index in [-0.39, 0.29) is 18.6 Å². The lowest BCUT2D eigenvalue weighted by atomic mass is 9.87. The lowest BCUT2D eigenvalue weighted by molar-refractivity contribution is 0.184. The Kier molecular flexibility index (Phi) is 4.80. The van der Waals surface area contributed by atoms with E-state index in [1.165, 1.54) is 0 Å². The van der Waals surface area contributed by atoms with Crippen LogP contribution in [0.4, 0.5) is 4.39 Å². The third kappa shape index (κ3) is 4.02. The second-order valence-electron chi connectivity index (χ2n) is 5.54. The van der Waals surface area contributed by atoms with Gasteiger partial charge in [-0.2, -0.15) is 13.5 Å². The van der Waals surface area contributed by atoms with E-state index in [2.05, 4.69) is 5.10 Å². The highest BCUT2D eigenvalue weighted by atomic mass is 32.2. The Balaban J connectivity index is 1.87. The molecule has 1 aromatic rings. The molecule has 5 nitrogen and oxygen atoms in total. The molecule has 1 aliphatic rings. The van der Waals surface area contributed by atoms with E-state index in [0.717, 1.165) is 37.5 Å². The normalized spacial score (nSPS) is 23.9. The zero-order valence-electron chi connectivity index (χ0n) is 11.9. The van der Waals surface area contributed by atoms with Crippen LogP contribution in [0.2, 0.25) is 0 Å². The summed E-state index contributed by atoms with van der Waals surface area (Å²) in [6, 6.07) is 0.281. The van der Waals surface area contributed by atoms with Crippen molar-refractivity contribution in [1.82, 2.24) is 9.78 Å². The van der Waals surface area contributed by atoms with Crippen molar-refractivity contribution in [1.29, 1.82) is 0 Å². The van der Waals surface area contributed by atoms with E-state index in [1.807, 2.05) is 17.8 Å². The molecule has 1 aliphatic carbocycles. The first-order valence-corrected chi connectivity index (χ1v) is 8.65. The van der Waals surface area contributed by atoms with Gasteiger partial charge in [-0.15, -0.1) is 0 Å². The van der Waals surface area contributed by atoms with Gasteiger partial charge in [-0.25, -0.2) is 4.39 Å². The standard InChI is InChI=1S/C13H21FN2O3S/c1-10-8-16(15-13(10)7-14)12-5-3-11(4-6-12)9-19-20(2,17)18/h8,11-12H,3-7,9H2,1-2H3. The molecule has 7 heteroatoms. The van der Waals surface area contributed by atoms with Crippen molar-refractivity contribution in [3.63, 3.8) is 0 Å². The largest absolute Gasteiger partial charge is 0.270 e. The van der Waals surface area contributed by atoms with Crippen LogP contribution in [0.25, 0.3) is 0 Å². The molecule has 1 heterocycles. The van der Waals surface area contributed by atoms with E-state index in [9.17, 15) is 12.8 Å². The molecule has 2 rings (SSSR count). The minimum absolute atomic E-state index is 0.263. The molecule has 0 atom stereocenters. The van der Waals surface area contributed by atoms with Crippen LogP contribution in [0, 0.1) is 12.8 Å². The zero-order chi connectivity index (χ0) is 14.8. The summed E-state index contributed by atoms with van der Waals surface area (Å²) < 4.78 is 41.3. The van der Waals surface area contributed by atoms with Gasteiger partial charge in [0.1, 0.15) is 6.67 Å². The second kappa shape index (κ2) is 6.22. The molecule has 0 aromatic carbocycles. The monoisotopic (exact) mass is 304 g/mol. The molecule has 0 radical (unpaired) electrons. The Morgan fingerprint density at radius 3 is 2.55 bits per heavy atom. The molecular weight excluding hydrogens is 283 g/mol. The van der Waals surface area contributed by atoms with Crippen LogP contribution >= 0.6 is 0 Å². The van der Waals surface area contributed by atoms with Crippen LogP contribution < -0.4 is 0 Å². The number of alkyl halides is 1. The van der Waals surface area contributed by atoms with Gasteiger partial charge in [0.25, 0.3) is 10.1 Å². The number of halogens is 1. The Hall–Kier alpha value is -0.950. The molecule has 0 bridgehead atoms. The molecule has 1 fully saturated rings. The second-order valence-corrected chi connectivity index (χ2v) is 7.18. The first kappa shape index (κ1) is 15.4. The molecular formula is C13H21FN2O3S. The first-order valence-electron chi connectivity index (χ1n) is 6.84. The molecule has 0 unspecified atom stereocenters. The van der Waals surface area contributed by atoms with Crippen molar-refractivity contribution in [2.45, 2.75) is 45.3 Å². The minimum atomic E-state index is -3.35. The summed E-state index contributed by atoms with van der Waals surface area (Å²) in [7, 11) is -3.35. The predicted molar refractivity (Wildman–Crippen MR) is 73.6 cm³/mol. The van der Waals surface area contributed by atoms with E-state index in [1.54, 1.807) is 0 Å². The van der Waals surface area contributed by atoms with Gasteiger partial charge in [0, 0.05) is 6.20 Å². The van der Waals surface area contributed by atoms with Crippen molar-refractivity contribution < 1.29 is 17.0 Å². The van der Waals surface area contributed by atoms with Crippen LogP contribution in [0.5, 0.6) is 0 Å². The summed E-state index contributed by atoms with van der Waals surface area (Å²) in [5.74, 6) is 0.276. The van der Waals surface area contributed by atoms with Crippen LogP contribution in [0.3, 0.4) is 0 Å². The number of nitrogens with zero attached hydrogens (tertiary/aromatic N) is 2. The highest BCUT2D eigenvalue weighted by molar-refractivity contribution is 7.85. The molecule has 0 spiro atoms. The fourth-order valence-electron chi connectivity index (χ4n) is 2.64. The van der Waals surface area contributed by atoms with Gasteiger partial charge in [0.15, 0.2) is 0 Å². The number of aromatic nitrogens is 2. The predicted octanol–water partition coefficient (Wildman–Crippen LogP) is 2.37. The summed E-state index contributed by atoms with van der Waals surface area (Å²) in [4.78, 5) is 0. The summed E-state index contributed by atoms with van der Waals surface area (Å²) in [6.45, 7) is 1.60. The van der Waals surface area contributed by atoms with Gasteiger partial charge < -0.3 is 0 Å². The Morgan fingerprint density at radius 1 is 1.40 bits per heavy atom. The number of hydrogen-bond acceptors (Lipinski definition) is 4. The van der Waals surface area contributed by atoms with Gasteiger partial charge in [0.2, 0.25) is 0 Å². The van der Waals surface area contributed by atoms with Gasteiger partial charge in [-0.1, -0.05) is 0 Å². The SMILES string of the molecule is Cc1cn(C2CCC(COS(C)(=O)=O)CC2)nc1CF. The van der Waals surface area contributed by atoms with Gasteiger partial charge in [-0.05, 0) is 44.1 Å². The van der Waals surface area contributed by atoms with Gasteiger partial charge >= 0.3 is 0 Å². The zero-order valence-corrected chi connectivity index (χ0v) is 12.7. The molecule has 0 N–H and O–H groups in total. The van der Waals surface area contributed by atoms with Crippen molar-refractivity contribution in [3.8, 4) is 0 Å². The topological polar surface area (TPSA) is 61.2 Å². The molecule has 20 heavy (non-hydrogen) atoms. The van der Waals surface area contributed by atoms with Crippen molar-refractivity contribution in [2.75, 3.05) is 12.9 Å². The lowest BCUT2D eigenvalue weighted by Gasteiger charge is -2.28. The molecule has 0 aliphatic heterocycles. The molecule has 114 valence electrons. The average molecular weight is 304 g/mol. The molecule has 1 saturated carbocycles. The maximum Gasteiger partial charge on any atom is 0.264 e. The van der Waals surface area contributed by atoms with E-state index < -0.39 is 16.8 Å². The van der Waals surface area contributed by atoms with Gasteiger partial charge in [0.05, 0.1) is 24.6 Å². The Labute approximate surface area is 119 Å². The highest BCUT2D eigenvalue weighted by Crippen LogP contribution is 2.32. The van der Waals surface area contributed by atoms with Crippen LogP contribution in [0.1, 0.15) is 43.0 Å². The summed E-state index contributed by atoms with van der Waals surface area (Å²) in [6.07, 6.45) is 6.62. The number of hydrogen-bond donors (Lipinski definition) is 0. The van der Waals surface area contributed by atoms with E-state index >= 15 is 0 Å². The van der Waals surface area contributed by atoms with Crippen LogP contribution in [-0.4, -0.2) is 31.1 Å². The van der Waals surface area contributed by atoms with Crippen LogP contribution in [-0.2, 0) is 21.0 Å². The number of rotatable bonds is 5. The van der Waals surface area contributed by atoms with Crippen molar-refractivity contribution in [3.05, 3.63) is 17.5 Å². The Bertz CT molecular complexity index is 548. The Morgan fingerprint density at radius 2 is 2.05 bits per heavy atom. The first-order chi connectivity index (χ1) is 9.39.